The SMILES string of the molecule is CCC(C1CCCC1)C(C)(C(=O)O[SiH3])C1CCCC1. The Kier molecular flexibility index (Phi) is 5.10. The van der Waals surface area contributed by atoms with Gasteiger partial charge in [-0.3, -0.25) is 4.79 Å². The summed E-state index contributed by atoms with van der Waals surface area (Å²) in [6.07, 6.45) is 11.6. The maximum absolute atomic E-state index is 12.6. The van der Waals surface area contributed by atoms with Crippen LogP contribution >= 0.6 is 0 Å². The van der Waals surface area contributed by atoms with E-state index in [1.165, 1.54) is 51.4 Å². The van der Waals surface area contributed by atoms with Crippen molar-refractivity contribution in [1.29, 1.82) is 0 Å². The summed E-state index contributed by atoms with van der Waals surface area (Å²) in [5.41, 5.74) is -0.206. The molecular weight excluding hydrogens is 252 g/mol. The van der Waals surface area contributed by atoms with Gasteiger partial charge in [0.05, 0.1) is 5.41 Å². The summed E-state index contributed by atoms with van der Waals surface area (Å²) < 4.78 is 5.37. The fourth-order valence-electron chi connectivity index (χ4n) is 4.97. The number of rotatable bonds is 5. The van der Waals surface area contributed by atoms with E-state index < -0.39 is 0 Å². The van der Waals surface area contributed by atoms with Gasteiger partial charge in [0, 0.05) is 0 Å². The summed E-state index contributed by atoms with van der Waals surface area (Å²) in [5.74, 6) is 1.99. The molecule has 2 unspecified atom stereocenters. The van der Waals surface area contributed by atoms with E-state index in [1.54, 1.807) is 0 Å². The largest absolute Gasteiger partial charge is 0.528 e. The Balaban J connectivity index is 2.25. The zero-order valence-corrected chi connectivity index (χ0v) is 14.9. The van der Waals surface area contributed by atoms with Gasteiger partial charge in [-0.25, -0.2) is 0 Å². The van der Waals surface area contributed by atoms with Gasteiger partial charge in [-0.05, 0) is 37.5 Å². The number of carbonyl (C=O) groups excluding carboxylic acids is 1. The second-order valence-corrected chi connectivity index (χ2v) is 7.22. The monoisotopic (exact) mass is 282 g/mol. The van der Waals surface area contributed by atoms with Gasteiger partial charge in [0.1, 0.15) is 0 Å². The van der Waals surface area contributed by atoms with E-state index in [9.17, 15) is 4.79 Å². The fourth-order valence-corrected chi connectivity index (χ4v) is 5.41. The maximum Gasteiger partial charge on any atom is 0.298 e. The average molecular weight is 283 g/mol. The highest BCUT2D eigenvalue weighted by Crippen LogP contribution is 2.52. The second-order valence-electron chi connectivity index (χ2n) is 6.81. The third-order valence-electron chi connectivity index (χ3n) is 6.01. The molecule has 19 heavy (non-hydrogen) atoms. The van der Waals surface area contributed by atoms with Crippen LogP contribution in [0.1, 0.15) is 71.6 Å². The molecule has 2 saturated carbocycles. The molecule has 3 heteroatoms. The van der Waals surface area contributed by atoms with Crippen molar-refractivity contribution in [2.45, 2.75) is 71.6 Å². The van der Waals surface area contributed by atoms with Crippen LogP contribution in [0.5, 0.6) is 0 Å². The standard InChI is InChI=1S/C16H30O2Si/c1-3-14(12-8-4-5-9-12)16(2,15(17)18-19)13-10-6-7-11-13/h12-14H,3-11H2,1-2,19H3. The molecule has 0 aromatic heterocycles. The summed E-state index contributed by atoms with van der Waals surface area (Å²) in [4.78, 5) is 12.6. The first-order valence-electron chi connectivity index (χ1n) is 8.23. The molecule has 110 valence electrons. The predicted octanol–water partition coefficient (Wildman–Crippen LogP) is 3.22. The minimum atomic E-state index is -0.206. The molecule has 0 bridgehead atoms. The van der Waals surface area contributed by atoms with E-state index >= 15 is 0 Å². The topological polar surface area (TPSA) is 26.3 Å². The first-order chi connectivity index (χ1) is 9.14. The molecule has 2 nitrogen and oxygen atoms in total. The fraction of sp³-hybridized carbons (Fsp3) is 0.938. The molecule has 2 fully saturated rings. The first-order valence-corrected chi connectivity index (χ1v) is 9.04. The van der Waals surface area contributed by atoms with Crippen LogP contribution in [0.2, 0.25) is 0 Å². The lowest BCUT2D eigenvalue weighted by atomic mass is 9.61. The summed E-state index contributed by atoms with van der Waals surface area (Å²) in [7, 11) is 0.538. The highest BCUT2D eigenvalue weighted by Gasteiger charge is 2.50. The Bertz CT molecular complexity index is 306. The summed E-state index contributed by atoms with van der Waals surface area (Å²) >= 11 is 0. The van der Waals surface area contributed by atoms with Gasteiger partial charge < -0.3 is 4.43 Å². The first kappa shape index (κ1) is 15.1. The van der Waals surface area contributed by atoms with Gasteiger partial charge in [0.15, 0.2) is 0 Å². The molecule has 0 amide bonds. The van der Waals surface area contributed by atoms with Crippen molar-refractivity contribution < 1.29 is 9.22 Å². The Labute approximate surface area is 121 Å². The van der Waals surface area contributed by atoms with Crippen molar-refractivity contribution in [2.75, 3.05) is 0 Å². The van der Waals surface area contributed by atoms with Crippen molar-refractivity contribution >= 4 is 16.5 Å². The lowest BCUT2D eigenvalue weighted by molar-refractivity contribution is -0.154. The van der Waals surface area contributed by atoms with E-state index in [-0.39, 0.29) is 11.4 Å². The quantitative estimate of drug-likeness (QED) is 0.724. The van der Waals surface area contributed by atoms with Crippen molar-refractivity contribution in [3.8, 4) is 0 Å². The minimum absolute atomic E-state index is 0.116. The molecule has 0 heterocycles. The van der Waals surface area contributed by atoms with Gasteiger partial charge in [0.2, 0.25) is 10.5 Å². The highest BCUT2D eigenvalue weighted by molar-refractivity contribution is 6.06. The Morgan fingerprint density at radius 2 is 1.74 bits per heavy atom. The zero-order valence-electron chi connectivity index (χ0n) is 12.9. The van der Waals surface area contributed by atoms with Crippen LogP contribution in [-0.2, 0) is 9.22 Å². The summed E-state index contributed by atoms with van der Waals surface area (Å²) in [6, 6.07) is 0. The van der Waals surface area contributed by atoms with Crippen LogP contribution in [0.4, 0.5) is 0 Å². The third-order valence-corrected chi connectivity index (χ3v) is 6.38. The van der Waals surface area contributed by atoms with E-state index in [0.29, 0.717) is 22.3 Å². The molecule has 0 aromatic rings. The lowest BCUT2D eigenvalue weighted by Crippen LogP contribution is -2.45. The maximum atomic E-state index is 12.6. The van der Waals surface area contributed by atoms with E-state index in [1.807, 2.05) is 0 Å². The van der Waals surface area contributed by atoms with Crippen LogP contribution in [-0.4, -0.2) is 16.5 Å². The van der Waals surface area contributed by atoms with Gasteiger partial charge in [-0.15, -0.1) is 0 Å². The number of carbonyl (C=O) groups is 1. The summed E-state index contributed by atoms with van der Waals surface area (Å²) in [6.45, 7) is 4.51. The molecule has 2 atom stereocenters. The van der Waals surface area contributed by atoms with Crippen LogP contribution in [0, 0.1) is 23.2 Å². The Morgan fingerprint density at radius 1 is 1.21 bits per heavy atom. The van der Waals surface area contributed by atoms with Gasteiger partial charge in [0.25, 0.3) is 5.97 Å². The number of hydrogen-bond donors (Lipinski definition) is 0. The van der Waals surface area contributed by atoms with Crippen molar-refractivity contribution in [3.63, 3.8) is 0 Å². The Hall–Kier alpha value is -0.313. The second kappa shape index (κ2) is 6.42. The van der Waals surface area contributed by atoms with E-state index in [4.69, 9.17) is 4.43 Å². The van der Waals surface area contributed by atoms with Gasteiger partial charge in [-0.1, -0.05) is 51.9 Å². The van der Waals surface area contributed by atoms with Crippen LogP contribution in [0.3, 0.4) is 0 Å². The molecule has 0 N–H and O–H groups in total. The normalized spacial score (nSPS) is 26.4. The molecule has 2 aliphatic rings. The minimum Gasteiger partial charge on any atom is -0.528 e. The molecule has 0 radical (unpaired) electrons. The van der Waals surface area contributed by atoms with Crippen molar-refractivity contribution in [3.05, 3.63) is 0 Å². The predicted molar refractivity (Wildman–Crippen MR) is 81.8 cm³/mol. The highest BCUT2D eigenvalue weighted by atomic mass is 28.2. The van der Waals surface area contributed by atoms with Crippen LogP contribution in [0.25, 0.3) is 0 Å². The van der Waals surface area contributed by atoms with E-state index in [2.05, 4.69) is 13.8 Å². The average Bonchev–Trinajstić information content (AvgIpc) is 3.11. The molecule has 0 spiro atoms. The smallest absolute Gasteiger partial charge is 0.298 e. The zero-order chi connectivity index (χ0) is 13.9. The van der Waals surface area contributed by atoms with Crippen molar-refractivity contribution in [2.24, 2.45) is 23.2 Å². The molecule has 0 aromatic carbocycles. The molecule has 0 aliphatic heterocycles. The Morgan fingerprint density at radius 3 is 2.21 bits per heavy atom. The van der Waals surface area contributed by atoms with Crippen LogP contribution < -0.4 is 0 Å². The van der Waals surface area contributed by atoms with Gasteiger partial charge in [-0.2, -0.15) is 0 Å². The summed E-state index contributed by atoms with van der Waals surface area (Å²) in [5, 5.41) is 0. The van der Waals surface area contributed by atoms with Crippen molar-refractivity contribution in [1.82, 2.24) is 0 Å². The molecular formula is C16H30O2Si. The van der Waals surface area contributed by atoms with E-state index in [0.717, 1.165) is 12.3 Å². The molecule has 2 aliphatic carbocycles. The lowest BCUT2D eigenvalue weighted by Gasteiger charge is -2.43. The number of hydrogen-bond acceptors (Lipinski definition) is 2. The third kappa shape index (κ3) is 2.76. The van der Waals surface area contributed by atoms with Gasteiger partial charge >= 0.3 is 0 Å². The van der Waals surface area contributed by atoms with Crippen LogP contribution in [0.15, 0.2) is 0 Å². The molecule has 0 saturated heterocycles. The molecule has 2 rings (SSSR count).